The number of nitrogen functional groups attached to an aromatic ring is 1. The van der Waals surface area contributed by atoms with Crippen LogP contribution in [0.2, 0.25) is 0 Å². The zero-order valence-corrected chi connectivity index (χ0v) is 12.5. The number of ether oxygens (including phenoxy) is 1. The Morgan fingerprint density at radius 1 is 1.50 bits per heavy atom. The van der Waals surface area contributed by atoms with E-state index in [-0.39, 0.29) is 5.97 Å². The van der Waals surface area contributed by atoms with E-state index in [1.54, 1.807) is 6.07 Å². The minimum atomic E-state index is -0.394. The molecule has 0 radical (unpaired) electrons. The lowest BCUT2D eigenvalue weighted by atomic mass is 9.96. The van der Waals surface area contributed by atoms with Crippen molar-refractivity contribution in [3.8, 4) is 0 Å². The van der Waals surface area contributed by atoms with Crippen LogP contribution < -0.4 is 11.1 Å². The number of hydrogen-bond acceptors (Lipinski definition) is 6. The summed E-state index contributed by atoms with van der Waals surface area (Å²) in [5.74, 6) is -0.383. The van der Waals surface area contributed by atoms with Crippen LogP contribution in [0.4, 0.5) is 5.69 Å². The highest BCUT2D eigenvalue weighted by molar-refractivity contribution is 8.13. The largest absolute Gasteiger partial charge is 0.466 e. The summed E-state index contributed by atoms with van der Waals surface area (Å²) >= 11 is 1.49. The second kappa shape index (κ2) is 6.00. The first kappa shape index (κ1) is 14.5. The van der Waals surface area contributed by atoms with Gasteiger partial charge in [-0.1, -0.05) is 23.9 Å². The van der Waals surface area contributed by atoms with Crippen LogP contribution >= 0.6 is 11.8 Å². The predicted molar refractivity (Wildman–Crippen MR) is 82.4 cm³/mol. The number of esters is 1. The lowest BCUT2D eigenvalue weighted by Gasteiger charge is -2.25. The summed E-state index contributed by atoms with van der Waals surface area (Å²) in [6, 6.07) is 7.00. The van der Waals surface area contributed by atoms with Gasteiger partial charge in [-0.2, -0.15) is 0 Å². The van der Waals surface area contributed by atoms with E-state index >= 15 is 0 Å². The van der Waals surface area contributed by atoms with E-state index in [4.69, 9.17) is 10.5 Å². The zero-order chi connectivity index (χ0) is 14.7. The average molecular weight is 291 g/mol. The molecular weight excluding hydrogens is 274 g/mol. The first-order valence-corrected chi connectivity index (χ1v) is 7.32. The van der Waals surface area contributed by atoms with E-state index < -0.39 is 6.04 Å². The third kappa shape index (κ3) is 2.80. The van der Waals surface area contributed by atoms with Crippen molar-refractivity contribution in [1.29, 1.82) is 0 Å². The molecular formula is C14H17N3O2S. The minimum Gasteiger partial charge on any atom is -0.466 e. The molecule has 0 amide bonds. The molecule has 0 fully saturated rings. The van der Waals surface area contributed by atoms with Crippen molar-refractivity contribution in [2.75, 3.05) is 19.1 Å². The van der Waals surface area contributed by atoms with Crippen LogP contribution in [0.3, 0.4) is 0 Å². The molecule has 5 nitrogen and oxygen atoms in total. The molecule has 1 aromatic carbocycles. The van der Waals surface area contributed by atoms with Gasteiger partial charge in [0.15, 0.2) is 5.17 Å². The monoisotopic (exact) mass is 291 g/mol. The molecule has 1 aromatic rings. The summed E-state index contributed by atoms with van der Waals surface area (Å²) < 4.78 is 4.87. The van der Waals surface area contributed by atoms with Crippen molar-refractivity contribution in [2.24, 2.45) is 4.99 Å². The van der Waals surface area contributed by atoms with Gasteiger partial charge in [0.25, 0.3) is 0 Å². The predicted octanol–water partition coefficient (Wildman–Crippen LogP) is 2.08. The van der Waals surface area contributed by atoms with E-state index in [1.807, 2.05) is 31.4 Å². The van der Waals surface area contributed by atoms with Crippen LogP contribution in [0.15, 0.2) is 40.5 Å². The first-order chi connectivity index (χ1) is 9.56. The fourth-order valence-corrected chi connectivity index (χ4v) is 2.56. The Kier molecular flexibility index (Phi) is 4.34. The molecule has 0 bridgehead atoms. The van der Waals surface area contributed by atoms with E-state index in [2.05, 4.69) is 10.3 Å². The van der Waals surface area contributed by atoms with Crippen LogP contribution in [-0.4, -0.2) is 24.5 Å². The van der Waals surface area contributed by atoms with Crippen LogP contribution in [0.1, 0.15) is 18.5 Å². The number of amidine groups is 1. The topological polar surface area (TPSA) is 76.7 Å². The smallest absolute Gasteiger partial charge is 0.338 e. The molecule has 1 aliphatic heterocycles. The van der Waals surface area contributed by atoms with Gasteiger partial charge in [0.1, 0.15) is 6.04 Å². The maximum absolute atomic E-state index is 12.0. The summed E-state index contributed by atoms with van der Waals surface area (Å²) in [5.41, 5.74) is 8.60. The minimum absolute atomic E-state index is 0.383. The summed E-state index contributed by atoms with van der Waals surface area (Å²) in [6.45, 7) is 1.84. The molecule has 0 spiro atoms. The number of nitrogens with two attached hydrogens (primary N) is 1. The summed E-state index contributed by atoms with van der Waals surface area (Å²) in [4.78, 5) is 16.6. The standard InChI is InChI=1S/C14H17N3O2S/c1-8-11(13(18)19-2)12(17-14(16-8)20-3)9-5-4-6-10(15)7-9/h4-7,12H,15H2,1-3H3,(H,16,17). The number of allylic oxidation sites excluding steroid dienone is 1. The van der Waals surface area contributed by atoms with Gasteiger partial charge in [0.05, 0.1) is 12.7 Å². The summed E-state index contributed by atoms with van der Waals surface area (Å²) in [6.07, 6.45) is 1.93. The summed E-state index contributed by atoms with van der Waals surface area (Å²) in [7, 11) is 1.37. The van der Waals surface area contributed by atoms with Gasteiger partial charge in [-0.15, -0.1) is 0 Å². The highest BCUT2D eigenvalue weighted by atomic mass is 32.2. The fraction of sp³-hybridized carbons (Fsp3) is 0.286. The van der Waals surface area contributed by atoms with Gasteiger partial charge in [-0.05, 0) is 30.9 Å². The third-order valence-electron chi connectivity index (χ3n) is 3.04. The van der Waals surface area contributed by atoms with Crippen LogP contribution in [-0.2, 0) is 9.53 Å². The Morgan fingerprint density at radius 3 is 2.85 bits per heavy atom. The number of carbonyl (C=O) groups excluding carboxylic acids is 1. The number of benzene rings is 1. The number of carbonyl (C=O) groups is 1. The molecule has 1 aliphatic rings. The van der Waals surface area contributed by atoms with Crippen molar-refractivity contribution >= 4 is 28.6 Å². The van der Waals surface area contributed by atoms with Gasteiger partial charge in [-0.3, -0.25) is 0 Å². The number of nitrogens with one attached hydrogen (secondary N) is 1. The van der Waals surface area contributed by atoms with Crippen molar-refractivity contribution in [1.82, 2.24) is 5.32 Å². The molecule has 3 N–H and O–H groups in total. The van der Waals surface area contributed by atoms with Crippen molar-refractivity contribution in [3.63, 3.8) is 0 Å². The molecule has 6 heteroatoms. The lowest BCUT2D eigenvalue weighted by Crippen LogP contribution is -2.30. The highest BCUT2D eigenvalue weighted by Crippen LogP contribution is 2.33. The van der Waals surface area contributed by atoms with Gasteiger partial charge >= 0.3 is 5.97 Å². The quantitative estimate of drug-likeness (QED) is 0.644. The van der Waals surface area contributed by atoms with E-state index in [0.29, 0.717) is 11.3 Å². The number of hydrogen-bond donors (Lipinski definition) is 2. The summed E-state index contributed by atoms with van der Waals surface area (Å²) in [5, 5.41) is 3.87. The molecule has 2 rings (SSSR count). The first-order valence-electron chi connectivity index (χ1n) is 6.10. The molecule has 0 aliphatic carbocycles. The van der Waals surface area contributed by atoms with Gasteiger partial charge in [0.2, 0.25) is 0 Å². The maximum Gasteiger partial charge on any atom is 0.338 e. The Morgan fingerprint density at radius 2 is 2.25 bits per heavy atom. The lowest BCUT2D eigenvalue weighted by molar-refractivity contribution is -0.136. The van der Waals surface area contributed by atoms with E-state index in [0.717, 1.165) is 16.4 Å². The maximum atomic E-state index is 12.0. The van der Waals surface area contributed by atoms with Crippen molar-refractivity contribution in [3.05, 3.63) is 41.1 Å². The number of rotatable bonds is 2. The van der Waals surface area contributed by atoms with Gasteiger partial charge < -0.3 is 15.8 Å². The van der Waals surface area contributed by atoms with Gasteiger partial charge in [0, 0.05) is 11.4 Å². The second-order valence-corrected chi connectivity index (χ2v) is 5.16. The Balaban J connectivity index is 2.51. The molecule has 106 valence electrons. The fourth-order valence-electron chi connectivity index (χ4n) is 2.10. The van der Waals surface area contributed by atoms with E-state index in [1.165, 1.54) is 18.9 Å². The van der Waals surface area contributed by atoms with Crippen LogP contribution in [0.5, 0.6) is 0 Å². The third-order valence-corrected chi connectivity index (χ3v) is 3.64. The molecule has 0 saturated carbocycles. The number of anilines is 1. The van der Waals surface area contributed by atoms with Crippen molar-refractivity contribution < 1.29 is 9.53 Å². The zero-order valence-electron chi connectivity index (χ0n) is 11.6. The number of thioether (sulfide) groups is 1. The van der Waals surface area contributed by atoms with Crippen molar-refractivity contribution in [2.45, 2.75) is 13.0 Å². The molecule has 20 heavy (non-hydrogen) atoms. The second-order valence-electron chi connectivity index (χ2n) is 4.37. The number of aliphatic imine (C=N–C) groups is 1. The molecule has 1 heterocycles. The Bertz CT molecular complexity index is 596. The van der Waals surface area contributed by atoms with Crippen LogP contribution in [0.25, 0.3) is 0 Å². The Hall–Kier alpha value is -1.95. The number of nitrogens with zero attached hydrogens (tertiary/aromatic N) is 1. The van der Waals surface area contributed by atoms with Gasteiger partial charge in [-0.25, -0.2) is 9.79 Å². The van der Waals surface area contributed by atoms with E-state index in [9.17, 15) is 4.79 Å². The molecule has 0 saturated heterocycles. The number of methoxy groups -OCH3 is 1. The SMILES string of the molecule is COC(=O)C1=C(C)NC(SC)=NC1c1cccc(N)c1. The average Bonchev–Trinajstić information content (AvgIpc) is 2.45. The Labute approximate surface area is 122 Å². The normalized spacial score (nSPS) is 18.4. The molecule has 0 aromatic heterocycles. The highest BCUT2D eigenvalue weighted by Gasteiger charge is 2.29. The van der Waals surface area contributed by atoms with Crippen LogP contribution in [0, 0.1) is 0 Å². The molecule has 1 unspecified atom stereocenters. The molecule has 1 atom stereocenters.